The lowest BCUT2D eigenvalue weighted by Crippen LogP contribution is -2.51. The molecule has 0 spiro atoms. The summed E-state index contributed by atoms with van der Waals surface area (Å²) in [7, 11) is 0. The van der Waals surface area contributed by atoms with Crippen LogP contribution in [-0.2, 0) is 0 Å². The number of hydrogen-bond donors (Lipinski definition) is 2. The lowest BCUT2D eigenvalue weighted by molar-refractivity contribution is 0.0386. The lowest BCUT2D eigenvalue weighted by Gasteiger charge is -2.31. The topological polar surface area (TPSA) is 93.1 Å². The number of benzene rings is 1. The summed E-state index contributed by atoms with van der Waals surface area (Å²) < 4.78 is 20.1. The number of nitrogens with zero attached hydrogens (tertiary/aromatic N) is 4. The minimum atomic E-state index is -1.08. The van der Waals surface area contributed by atoms with Crippen molar-refractivity contribution in [3.63, 3.8) is 0 Å². The van der Waals surface area contributed by atoms with Crippen LogP contribution in [0.1, 0.15) is 19.3 Å². The molecular formula is C19H18FN5O2. The van der Waals surface area contributed by atoms with Crippen molar-refractivity contribution in [1.82, 2.24) is 25.5 Å². The van der Waals surface area contributed by atoms with Crippen LogP contribution < -0.4 is 10.1 Å². The predicted molar refractivity (Wildman–Crippen MR) is 96.1 cm³/mol. The second kappa shape index (κ2) is 6.38. The third-order valence-electron chi connectivity index (χ3n) is 5.36. The highest BCUT2D eigenvalue weighted by Gasteiger charge is 2.43. The van der Waals surface area contributed by atoms with Crippen LogP contribution >= 0.6 is 0 Å². The molecule has 2 fully saturated rings. The Hall–Kier alpha value is -2.87. The number of fused-ring (bicyclic) bond motifs is 3. The van der Waals surface area contributed by atoms with E-state index in [2.05, 4.69) is 25.5 Å². The van der Waals surface area contributed by atoms with Crippen LogP contribution in [0, 0.1) is 0 Å². The maximum Gasteiger partial charge on any atom is 0.336 e. The summed E-state index contributed by atoms with van der Waals surface area (Å²) in [5, 5.41) is 23.4. The Kier molecular flexibility index (Phi) is 3.86. The molecule has 0 radical (unpaired) electrons. The molecule has 0 aliphatic carbocycles. The number of aromatic hydroxyl groups is 1. The highest BCUT2D eigenvalue weighted by atomic mass is 19.1. The largest absolute Gasteiger partial charge is 0.507 e. The molecule has 8 heteroatoms. The maximum absolute atomic E-state index is 14.5. The quantitative estimate of drug-likeness (QED) is 0.734. The Bertz CT molecular complexity index is 984. The van der Waals surface area contributed by atoms with Gasteiger partial charge in [-0.2, -0.15) is 0 Å². The number of nitrogens with one attached hydrogen (secondary N) is 1. The molecule has 2 saturated heterocycles. The first kappa shape index (κ1) is 16.3. The van der Waals surface area contributed by atoms with Gasteiger partial charge in [-0.25, -0.2) is 9.37 Å². The molecule has 2 unspecified atom stereocenters. The molecule has 4 heterocycles. The van der Waals surface area contributed by atoms with Crippen molar-refractivity contribution >= 4 is 10.8 Å². The summed E-state index contributed by atoms with van der Waals surface area (Å²) in [5.74, 6) is 0.0685. The smallest absolute Gasteiger partial charge is 0.336 e. The van der Waals surface area contributed by atoms with Gasteiger partial charge in [-0.15, -0.1) is 5.10 Å². The highest BCUT2D eigenvalue weighted by molar-refractivity contribution is 5.89. The van der Waals surface area contributed by atoms with E-state index in [9.17, 15) is 9.50 Å². The van der Waals surface area contributed by atoms with E-state index in [-0.39, 0.29) is 17.8 Å². The van der Waals surface area contributed by atoms with Crippen LogP contribution in [0.15, 0.2) is 36.8 Å². The molecule has 27 heavy (non-hydrogen) atoms. The van der Waals surface area contributed by atoms with Crippen LogP contribution in [0.4, 0.5) is 4.39 Å². The monoisotopic (exact) mass is 367 g/mol. The fourth-order valence-corrected chi connectivity index (χ4v) is 3.98. The van der Waals surface area contributed by atoms with Crippen molar-refractivity contribution in [3.8, 4) is 23.0 Å². The number of halogens is 1. The highest BCUT2D eigenvalue weighted by Crippen LogP contribution is 2.33. The van der Waals surface area contributed by atoms with Crippen molar-refractivity contribution < 1.29 is 14.2 Å². The molecule has 0 amide bonds. The standard InChI is InChI=1S/C19H18FN5O2/c20-18-14-2-1-12(23-14)7-17(18)27-19-22-9-15(24-25-19)13-5-10-3-4-21-8-11(10)6-16(13)26/h3-6,8-9,12,14,17-18,23,26H,1-2,7H2/t12?,14?,17-,18-/m0/s1. The number of piperidine rings is 1. The number of aromatic nitrogens is 4. The Balaban J connectivity index is 1.38. The number of alkyl halides is 1. The maximum atomic E-state index is 14.5. The molecular weight excluding hydrogens is 349 g/mol. The molecule has 138 valence electrons. The molecule has 2 aromatic heterocycles. The van der Waals surface area contributed by atoms with Crippen LogP contribution in [0.3, 0.4) is 0 Å². The fourth-order valence-electron chi connectivity index (χ4n) is 3.98. The number of pyridine rings is 1. The van der Waals surface area contributed by atoms with Crippen LogP contribution in [-0.4, -0.2) is 49.6 Å². The minimum absolute atomic E-state index is 0.0529. The van der Waals surface area contributed by atoms with Crippen molar-refractivity contribution in [2.45, 2.75) is 43.6 Å². The number of hydrogen-bond acceptors (Lipinski definition) is 7. The van der Waals surface area contributed by atoms with E-state index in [0.717, 1.165) is 23.6 Å². The third-order valence-corrected chi connectivity index (χ3v) is 5.36. The van der Waals surface area contributed by atoms with E-state index in [1.165, 1.54) is 6.20 Å². The van der Waals surface area contributed by atoms with Crippen molar-refractivity contribution in [2.24, 2.45) is 0 Å². The van der Waals surface area contributed by atoms with Gasteiger partial charge in [0, 0.05) is 41.8 Å². The average Bonchev–Trinajstić information content (AvgIpc) is 3.10. The second-order valence-electron chi connectivity index (χ2n) is 7.10. The first-order valence-corrected chi connectivity index (χ1v) is 9.01. The van der Waals surface area contributed by atoms with Crippen molar-refractivity contribution in [1.29, 1.82) is 0 Å². The van der Waals surface area contributed by atoms with Crippen molar-refractivity contribution in [3.05, 3.63) is 36.8 Å². The van der Waals surface area contributed by atoms with Gasteiger partial charge in [0.05, 0.1) is 6.20 Å². The van der Waals surface area contributed by atoms with Crippen LogP contribution in [0.5, 0.6) is 11.8 Å². The summed E-state index contributed by atoms with van der Waals surface area (Å²) >= 11 is 0. The van der Waals surface area contributed by atoms with Gasteiger partial charge < -0.3 is 15.2 Å². The number of phenolic OH excluding ortho intramolecular Hbond substituents is 1. The van der Waals surface area contributed by atoms with Gasteiger partial charge in [0.1, 0.15) is 17.5 Å². The fraction of sp³-hybridized carbons (Fsp3) is 0.368. The molecule has 2 N–H and O–H groups in total. The summed E-state index contributed by atoms with van der Waals surface area (Å²) in [6.07, 6.45) is 5.61. The summed E-state index contributed by atoms with van der Waals surface area (Å²) in [5.41, 5.74) is 0.935. The van der Waals surface area contributed by atoms with Gasteiger partial charge in [0.2, 0.25) is 0 Å². The van der Waals surface area contributed by atoms with Crippen molar-refractivity contribution in [2.75, 3.05) is 0 Å². The van der Waals surface area contributed by atoms with Crippen LogP contribution in [0.25, 0.3) is 22.0 Å². The number of rotatable bonds is 3. The van der Waals surface area contributed by atoms with E-state index in [1.807, 2.05) is 6.07 Å². The molecule has 5 rings (SSSR count). The van der Waals surface area contributed by atoms with Gasteiger partial charge in [-0.1, -0.05) is 5.10 Å². The molecule has 0 saturated carbocycles. The average molecular weight is 367 g/mol. The van der Waals surface area contributed by atoms with E-state index >= 15 is 0 Å². The zero-order valence-electron chi connectivity index (χ0n) is 14.4. The summed E-state index contributed by atoms with van der Waals surface area (Å²) in [6.45, 7) is 0. The van der Waals surface area contributed by atoms with E-state index in [0.29, 0.717) is 23.7 Å². The molecule has 2 aliphatic heterocycles. The molecule has 7 nitrogen and oxygen atoms in total. The van der Waals surface area contributed by atoms with Gasteiger partial charge in [0.15, 0.2) is 6.17 Å². The van der Waals surface area contributed by atoms with Gasteiger partial charge in [-0.3, -0.25) is 4.98 Å². The molecule has 3 aromatic rings. The molecule has 2 bridgehead atoms. The second-order valence-corrected chi connectivity index (χ2v) is 7.10. The van der Waals surface area contributed by atoms with E-state index in [4.69, 9.17) is 4.74 Å². The van der Waals surface area contributed by atoms with E-state index < -0.39 is 12.3 Å². The Morgan fingerprint density at radius 1 is 1.15 bits per heavy atom. The first-order chi connectivity index (χ1) is 13.2. The summed E-state index contributed by atoms with van der Waals surface area (Å²) in [6, 6.07) is 5.48. The minimum Gasteiger partial charge on any atom is -0.507 e. The third kappa shape index (κ3) is 2.95. The number of ether oxygens (including phenoxy) is 1. The van der Waals surface area contributed by atoms with Gasteiger partial charge in [0.25, 0.3) is 0 Å². The Labute approximate surface area is 154 Å². The van der Waals surface area contributed by atoms with Crippen LogP contribution in [0.2, 0.25) is 0 Å². The normalized spacial score (nSPS) is 27.0. The zero-order valence-corrected chi connectivity index (χ0v) is 14.4. The van der Waals surface area contributed by atoms with Gasteiger partial charge in [-0.05, 0) is 36.4 Å². The molecule has 1 aromatic carbocycles. The van der Waals surface area contributed by atoms with E-state index in [1.54, 1.807) is 24.5 Å². The lowest BCUT2D eigenvalue weighted by atomic mass is 10.0. The van der Waals surface area contributed by atoms with Gasteiger partial charge >= 0.3 is 6.01 Å². The Morgan fingerprint density at radius 3 is 2.93 bits per heavy atom. The zero-order chi connectivity index (χ0) is 18.4. The first-order valence-electron chi connectivity index (χ1n) is 9.01. The Morgan fingerprint density at radius 2 is 2.07 bits per heavy atom. The predicted octanol–water partition coefficient (Wildman–Crippen LogP) is 2.40. The summed E-state index contributed by atoms with van der Waals surface area (Å²) in [4.78, 5) is 8.21. The molecule has 4 atom stereocenters. The molecule has 2 aliphatic rings. The number of phenols is 1. The SMILES string of the molecule is Oc1cc2cnccc2cc1-c1cnc(O[C@H]2CC3CCC(N3)[C@@H]2F)nn1.